The molecule has 8 nitrogen and oxygen atoms in total. The van der Waals surface area contributed by atoms with Crippen LogP contribution in [0.15, 0.2) is 55.1 Å². The van der Waals surface area contributed by atoms with E-state index in [1.54, 1.807) is 32.7 Å². The Morgan fingerprint density at radius 3 is 2.66 bits per heavy atom. The summed E-state index contributed by atoms with van der Waals surface area (Å²) in [6, 6.07) is 11.2. The molecule has 2 aromatic heterocycles. The number of aromatic nitrogens is 3. The van der Waals surface area contributed by atoms with Gasteiger partial charge in [-0.3, -0.25) is 9.78 Å². The van der Waals surface area contributed by atoms with E-state index in [9.17, 15) is 4.79 Å². The number of rotatable bonds is 9. The first-order valence-electron chi connectivity index (χ1n) is 9.13. The lowest BCUT2D eigenvalue weighted by molar-refractivity contribution is 0.0945. The van der Waals surface area contributed by atoms with Gasteiger partial charge < -0.3 is 20.1 Å². The summed E-state index contributed by atoms with van der Waals surface area (Å²) >= 11 is 0. The predicted molar refractivity (Wildman–Crippen MR) is 109 cm³/mol. The molecule has 2 heterocycles. The van der Waals surface area contributed by atoms with Gasteiger partial charge in [-0.1, -0.05) is 12.1 Å². The van der Waals surface area contributed by atoms with E-state index in [2.05, 4.69) is 25.6 Å². The number of carbonyl (C=O) groups excluding carboxylic acids is 1. The molecule has 3 aromatic rings. The Morgan fingerprint density at radius 1 is 1.03 bits per heavy atom. The second-order valence-electron chi connectivity index (χ2n) is 6.20. The SMILES string of the molecule is COc1ccc(CCNc2cc(C(=O)NCc3cccnc3)ncn2)cc1OC. The van der Waals surface area contributed by atoms with E-state index >= 15 is 0 Å². The molecule has 0 fully saturated rings. The Morgan fingerprint density at radius 2 is 1.90 bits per heavy atom. The molecule has 0 aliphatic heterocycles. The summed E-state index contributed by atoms with van der Waals surface area (Å²) < 4.78 is 10.6. The van der Waals surface area contributed by atoms with Crippen molar-refractivity contribution in [2.75, 3.05) is 26.1 Å². The molecule has 0 radical (unpaired) electrons. The lowest BCUT2D eigenvalue weighted by Gasteiger charge is -2.10. The van der Waals surface area contributed by atoms with Gasteiger partial charge in [-0.05, 0) is 35.7 Å². The van der Waals surface area contributed by atoms with Crippen LogP contribution in [0.1, 0.15) is 21.6 Å². The number of pyridine rings is 1. The molecule has 1 aromatic carbocycles. The van der Waals surface area contributed by atoms with Gasteiger partial charge in [0.15, 0.2) is 11.5 Å². The first-order chi connectivity index (χ1) is 14.2. The average molecular weight is 393 g/mol. The van der Waals surface area contributed by atoms with E-state index in [1.807, 2.05) is 30.3 Å². The molecular formula is C21H23N5O3. The van der Waals surface area contributed by atoms with E-state index in [0.29, 0.717) is 36.1 Å². The normalized spacial score (nSPS) is 10.3. The quantitative estimate of drug-likeness (QED) is 0.576. The lowest BCUT2D eigenvalue weighted by Crippen LogP contribution is -2.24. The molecule has 0 bridgehead atoms. The standard InChI is InChI=1S/C21H23N5O3/c1-28-18-6-5-15(10-19(18)29-2)7-9-23-20-11-17(25-14-26-20)21(27)24-13-16-4-3-8-22-12-16/h3-6,8,10-12,14H,7,9,13H2,1-2H3,(H,24,27)(H,23,25,26). The van der Waals surface area contributed by atoms with Crippen molar-refractivity contribution in [3.05, 3.63) is 71.9 Å². The highest BCUT2D eigenvalue weighted by Gasteiger charge is 2.09. The maximum Gasteiger partial charge on any atom is 0.270 e. The van der Waals surface area contributed by atoms with Crippen LogP contribution in [-0.4, -0.2) is 41.6 Å². The second kappa shape index (κ2) is 10.0. The van der Waals surface area contributed by atoms with Crippen molar-refractivity contribution in [1.29, 1.82) is 0 Å². The van der Waals surface area contributed by atoms with Crippen LogP contribution in [0.3, 0.4) is 0 Å². The Balaban J connectivity index is 1.54. The zero-order valence-corrected chi connectivity index (χ0v) is 16.4. The summed E-state index contributed by atoms with van der Waals surface area (Å²) in [6.07, 6.45) is 5.53. The smallest absolute Gasteiger partial charge is 0.270 e. The molecule has 0 saturated heterocycles. The summed E-state index contributed by atoms with van der Waals surface area (Å²) in [5.74, 6) is 1.72. The van der Waals surface area contributed by atoms with Gasteiger partial charge in [-0.15, -0.1) is 0 Å². The van der Waals surface area contributed by atoms with Crippen LogP contribution in [0.5, 0.6) is 11.5 Å². The fourth-order valence-corrected chi connectivity index (χ4v) is 2.72. The van der Waals surface area contributed by atoms with Crippen molar-refractivity contribution >= 4 is 11.7 Å². The second-order valence-corrected chi connectivity index (χ2v) is 6.20. The number of hydrogen-bond donors (Lipinski definition) is 2. The Hall–Kier alpha value is -3.68. The van der Waals surface area contributed by atoms with Crippen LogP contribution < -0.4 is 20.1 Å². The number of nitrogens with zero attached hydrogens (tertiary/aromatic N) is 3. The number of benzene rings is 1. The molecule has 8 heteroatoms. The summed E-state index contributed by atoms with van der Waals surface area (Å²) in [4.78, 5) is 24.6. The molecule has 0 spiro atoms. The molecule has 150 valence electrons. The number of ether oxygens (including phenoxy) is 2. The molecule has 0 aliphatic carbocycles. The predicted octanol–water partition coefficient (Wildman–Crippen LogP) is 2.47. The highest BCUT2D eigenvalue weighted by Crippen LogP contribution is 2.27. The fraction of sp³-hybridized carbons (Fsp3) is 0.238. The maximum atomic E-state index is 12.3. The minimum Gasteiger partial charge on any atom is -0.493 e. The summed E-state index contributed by atoms with van der Waals surface area (Å²) in [5.41, 5.74) is 2.32. The van der Waals surface area contributed by atoms with Gasteiger partial charge in [0.25, 0.3) is 5.91 Å². The number of methoxy groups -OCH3 is 2. The van der Waals surface area contributed by atoms with Crippen LogP contribution >= 0.6 is 0 Å². The van der Waals surface area contributed by atoms with E-state index in [-0.39, 0.29) is 5.91 Å². The molecular weight excluding hydrogens is 370 g/mol. The molecule has 0 unspecified atom stereocenters. The van der Waals surface area contributed by atoms with Crippen LogP contribution in [0.4, 0.5) is 5.82 Å². The highest BCUT2D eigenvalue weighted by molar-refractivity contribution is 5.92. The third-order valence-corrected chi connectivity index (χ3v) is 4.24. The third kappa shape index (κ3) is 5.65. The molecule has 3 rings (SSSR count). The summed E-state index contributed by atoms with van der Waals surface area (Å²) in [5, 5.41) is 6.04. The van der Waals surface area contributed by atoms with E-state index in [4.69, 9.17) is 9.47 Å². The minimum atomic E-state index is -0.265. The Kier molecular flexibility index (Phi) is 6.94. The van der Waals surface area contributed by atoms with Gasteiger partial charge in [0.2, 0.25) is 0 Å². The molecule has 0 saturated carbocycles. The van der Waals surface area contributed by atoms with Crippen LogP contribution in [0.2, 0.25) is 0 Å². The number of hydrogen-bond acceptors (Lipinski definition) is 7. The first kappa shape index (κ1) is 20.1. The fourth-order valence-electron chi connectivity index (χ4n) is 2.72. The average Bonchev–Trinajstić information content (AvgIpc) is 2.78. The number of amides is 1. The minimum absolute atomic E-state index is 0.265. The Labute approximate surface area is 169 Å². The van der Waals surface area contributed by atoms with Crippen LogP contribution in [0.25, 0.3) is 0 Å². The number of anilines is 1. The van der Waals surface area contributed by atoms with Crippen LogP contribution in [0, 0.1) is 0 Å². The monoisotopic (exact) mass is 393 g/mol. The van der Waals surface area contributed by atoms with Crippen molar-refractivity contribution in [1.82, 2.24) is 20.3 Å². The van der Waals surface area contributed by atoms with E-state index < -0.39 is 0 Å². The zero-order valence-electron chi connectivity index (χ0n) is 16.4. The maximum absolute atomic E-state index is 12.3. The molecule has 2 N–H and O–H groups in total. The lowest BCUT2D eigenvalue weighted by atomic mass is 10.1. The molecule has 0 atom stereocenters. The van der Waals surface area contributed by atoms with Gasteiger partial charge in [0.05, 0.1) is 14.2 Å². The highest BCUT2D eigenvalue weighted by atomic mass is 16.5. The number of carbonyl (C=O) groups is 1. The zero-order chi connectivity index (χ0) is 20.5. The summed E-state index contributed by atoms with van der Waals surface area (Å²) in [7, 11) is 3.22. The summed E-state index contributed by atoms with van der Waals surface area (Å²) in [6.45, 7) is 1.03. The molecule has 1 amide bonds. The van der Waals surface area contributed by atoms with E-state index in [0.717, 1.165) is 17.5 Å². The van der Waals surface area contributed by atoms with Gasteiger partial charge >= 0.3 is 0 Å². The van der Waals surface area contributed by atoms with Crippen molar-refractivity contribution < 1.29 is 14.3 Å². The topological polar surface area (TPSA) is 98.3 Å². The van der Waals surface area contributed by atoms with E-state index in [1.165, 1.54) is 6.33 Å². The molecule has 29 heavy (non-hydrogen) atoms. The van der Waals surface area contributed by atoms with Gasteiger partial charge in [0, 0.05) is 31.5 Å². The van der Waals surface area contributed by atoms with Gasteiger partial charge in [-0.25, -0.2) is 9.97 Å². The van der Waals surface area contributed by atoms with Crippen molar-refractivity contribution in [3.63, 3.8) is 0 Å². The van der Waals surface area contributed by atoms with Crippen molar-refractivity contribution in [3.8, 4) is 11.5 Å². The van der Waals surface area contributed by atoms with Gasteiger partial charge in [0.1, 0.15) is 17.8 Å². The van der Waals surface area contributed by atoms with Gasteiger partial charge in [-0.2, -0.15) is 0 Å². The van der Waals surface area contributed by atoms with Crippen molar-refractivity contribution in [2.24, 2.45) is 0 Å². The number of nitrogens with one attached hydrogen (secondary N) is 2. The van der Waals surface area contributed by atoms with Crippen LogP contribution in [-0.2, 0) is 13.0 Å². The third-order valence-electron chi connectivity index (χ3n) is 4.24. The largest absolute Gasteiger partial charge is 0.493 e. The Bertz CT molecular complexity index is 950. The van der Waals surface area contributed by atoms with Crippen molar-refractivity contribution in [2.45, 2.75) is 13.0 Å². The first-order valence-corrected chi connectivity index (χ1v) is 9.13. The molecule has 0 aliphatic rings.